The standard InChI is InChI=1S/C14H25N5O/c1-3-4-14(5-6-15-11-14)12-16-13(17-20-12)19-9-7-18(2)8-10-19/h15H,3-11H2,1-2H3. The minimum Gasteiger partial charge on any atom is -0.337 e. The van der Waals surface area contributed by atoms with Crippen LogP contribution in [0.1, 0.15) is 32.1 Å². The average molecular weight is 279 g/mol. The largest absolute Gasteiger partial charge is 0.337 e. The Morgan fingerprint density at radius 3 is 2.75 bits per heavy atom. The molecule has 3 rings (SSSR count). The first-order valence-corrected chi connectivity index (χ1v) is 7.72. The normalized spacial score (nSPS) is 28.2. The molecule has 6 nitrogen and oxygen atoms in total. The second-order valence-corrected chi connectivity index (χ2v) is 6.15. The van der Waals surface area contributed by atoms with Crippen molar-refractivity contribution in [2.75, 3.05) is 51.2 Å². The first-order valence-electron chi connectivity index (χ1n) is 7.72. The third-order valence-corrected chi connectivity index (χ3v) is 4.63. The lowest BCUT2D eigenvalue weighted by Gasteiger charge is -2.31. The zero-order valence-corrected chi connectivity index (χ0v) is 12.6. The molecule has 3 heterocycles. The van der Waals surface area contributed by atoms with Crippen molar-refractivity contribution in [1.29, 1.82) is 0 Å². The number of hydrogen-bond acceptors (Lipinski definition) is 6. The SMILES string of the molecule is CCCC1(c2nc(N3CCN(C)CC3)no2)CCNC1. The van der Waals surface area contributed by atoms with E-state index in [2.05, 4.69) is 34.2 Å². The van der Waals surface area contributed by atoms with Crippen LogP contribution >= 0.6 is 0 Å². The van der Waals surface area contributed by atoms with Crippen molar-refractivity contribution >= 4 is 5.95 Å². The predicted molar refractivity (Wildman–Crippen MR) is 78.1 cm³/mol. The Balaban J connectivity index is 1.75. The summed E-state index contributed by atoms with van der Waals surface area (Å²) in [5.41, 5.74) is 0.0621. The number of nitrogens with one attached hydrogen (secondary N) is 1. The Labute approximate surface area is 120 Å². The van der Waals surface area contributed by atoms with Gasteiger partial charge in [-0.3, -0.25) is 0 Å². The summed E-state index contributed by atoms with van der Waals surface area (Å²) in [5.74, 6) is 1.61. The molecule has 1 unspecified atom stereocenters. The van der Waals surface area contributed by atoms with Crippen LogP contribution in [-0.4, -0.2) is 61.4 Å². The fraction of sp³-hybridized carbons (Fsp3) is 0.857. The first-order chi connectivity index (χ1) is 9.73. The number of hydrogen-bond donors (Lipinski definition) is 1. The fourth-order valence-corrected chi connectivity index (χ4v) is 3.29. The molecule has 1 atom stereocenters. The van der Waals surface area contributed by atoms with Crippen LogP contribution in [-0.2, 0) is 5.41 Å². The molecule has 1 N–H and O–H groups in total. The fourth-order valence-electron chi connectivity index (χ4n) is 3.29. The van der Waals surface area contributed by atoms with Gasteiger partial charge in [0.15, 0.2) is 0 Å². The maximum absolute atomic E-state index is 5.63. The van der Waals surface area contributed by atoms with Gasteiger partial charge in [0.1, 0.15) is 0 Å². The Kier molecular flexibility index (Phi) is 3.94. The van der Waals surface area contributed by atoms with Crippen LogP contribution in [0.15, 0.2) is 4.52 Å². The smallest absolute Gasteiger partial charge is 0.266 e. The number of rotatable bonds is 4. The molecule has 0 aliphatic carbocycles. The van der Waals surface area contributed by atoms with Crippen LogP contribution < -0.4 is 10.2 Å². The maximum Gasteiger partial charge on any atom is 0.266 e. The highest BCUT2D eigenvalue weighted by molar-refractivity contribution is 5.30. The van der Waals surface area contributed by atoms with Crippen LogP contribution in [0, 0.1) is 0 Å². The van der Waals surface area contributed by atoms with E-state index in [1.54, 1.807) is 0 Å². The van der Waals surface area contributed by atoms with E-state index in [1.807, 2.05) is 0 Å². The topological polar surface area (TPSA) is 57.4 Å². The van der Waals surface area contributed by atoms with Gasteiger partial charge < -0.3 is 19.6 Å². The predicted octanol–water partition coefficient (Wildman–Crippen LogP) is 0.853. The van der Waals surface area contributed by atoms with Crippen molar-refractivity contribution in [2.24, 2.45) is 0 Å². The number of anilines is 1. The van der Waals surface area contributed by atoms with E-state index in [0.717, 1.165) is 70.4 Å². The highest BCUT2D eigenvalue weighted by Gasteiger charge is 2.40. The van der Waals surface area contributed by atoms with Crippen molar-refractivity contribution in [3.05, 3.63) is 5.89 Å². The summed E-state index contributed by atoms with van der Waals surface area (Å²) in [4.78, 5) is 9.28. The van der Waals surface area contributed by atoms with E-state index in [1.165, 1.54) is 0 Å². The first kappa shape index (κ1) is 13.8. The Hall–Kier alpha value is -1.14. The third-order valence-electron chi connectivity index (χ3n) is 4.63. The lowest BCUT2D eigenvalue weighted by Crippen LogP contribution is -2.45. The number of likely N-dealkylation sites (N-methyl/N-ethyl adjacent to an activating group) is 1. The molecule has 112 valence electrons. The highest BCUT2D eigenvalue weighted by Crippen LogP contribution is 2.35. The summed E-state index contributed by atoms with van der Waals surface area (Å²) >= 11 is 0. The summed E-state index contributed by atoms with van der Waals surface area (Å²) in [6.45, 7) is 8.31. The van der Waals surface area contributed by atoms with Crippen LogP contribution in [0.5, 0.6) is 0 Å². The summed E-state index contributed by atoms with van der Waals surface area (Å²) < 4.78 is 5.63. The molecular formula is C14H25N5O. The molecule has 0 amide bonds. The van der Waals surface area contributed by atoms with Crippen LogP contribution in [0.4, 0.5) is 5.95 Å². The van der Waals surface area contributed by atoms with E-state index < -0.39 is 0 Å². The molecule has 0 bridgehead atoms. The van der Waals surface area contributed by atoms with Crippen molar-refractivity contribution in [1.82, 2.24) is 20.4 Å². The molecule has 2 saturated heterocycles. The van der Waals surface area contributed by atoms with E-state index >= 15 is 0 Å². The molecule has 0 aromatic carbocycles. The number of piperazine rings is 1. The van der Waals surface area contributed by atoms with E-state index in [0.29, 0.717) is 0 Å². The van der Waals surface area contributed by atoms with Gasteiger partial charge in [-0.15, -0.1) is 0 Å². The second kappa shape index (κ2) is 5.69. The molecule has 0 radical (unpaired) electrons. The molecule has 2 aliphatic rings. The van der Waals surface area contributed by atoms with Crippen LogP contribution in [0.2, 0.25) is 0 Å². The molecule has 0 spiro atoms. The van der Waals surface area contributed by atoms with Gasteiger partial charge in [-0.05, 0) is 31.6 Å². The molecule has 20 heavy (non-hydrogen) atoms. The Bertz CT molecular complexity index is 433. The Morgan fingerprint density at radius 2 is 2.10 bits per heavy atom. The Morgan fingerprint density at radius 1 is 1.30 bits per heavy atom. The van der Waals surface area contributed by atoms with Gasteiger partial charge in [0.2, 0.25) is 5.89 Å². The zero-order chi connectivity index (χ0) is 14.0. The van der Waals surface area contributed by atoms with Gasteiger partial charge in [0, 0.05) is 32.7 Å². The van der Waals surface area contributed by atoms with Gasteiger partial charge >= 0.3 is 0 Å². The molecule has 1 aromatic rings. The van der Waals surface area contributed by atoms with E-state index in [-0.39, 0.29) is 5.41 Å². The molecule has 2 aliphatic heterocycles. The van der Waals surface area contributed by atoms with Gasteiger partial charge in [-0.1, -0.05) is 13.3 Å². The van der Waals surface area contributed by atoms with Gasteiger partial charge in [-0.2, -0.15) is 4.98 Å². The molecular weight excluding hydrogens is 254 g/mol. The molecule has 1 aromatic heterocycles. The van der Waals surface area contributed by atoms with Crippen molar-refractivity contribution in [3.63, 3.8) is 0 Å². The average Bonchev–Trinajstić information content (AvgIpc) is 3.09. The number of nitrogens with zero attached hydrogens (tertiary/aromatic N) is 4. The van der Waals surface area contributed by atoms with Gasteiger partial charge in [-0.25, -0.2) is 0 Å². The minimum atomic E-state index is 0.0621. The minimum absolute atomic E-state index is 0.0621. The monoisotopic (exact) mass is 279 g/mol. The van der Waals surface area contributed by atoms with Crippen LogP contribution in [0.25, 0.3) is 0 Å². The summed E-state index contributed by atoms with van der Waals surface area (Å²) in [6, 6.07) is 0. The maximum atomic E-state index is 5.63. The molecule has 0 saturated carbocycles. The second-order valence-electron chi connectivity index (χ2n) is 6.15. The summed E-state index contributed by atoms with van der Waals surface area (Å²) in [7, 11) is 2.15. The van der Waals surface area contributed by atoms with Gasteiger partial charge in [0.05, 0.1) is 5.41 Å². The highest BCUT2D eigenvalue weighted by atomic mass is 16.5. The lowest BCUT2D eigenvalue weighted by atomic mass is 9.82. The summed E-state index contributed by atoms with van der Waals surface area (Å²) in [6.07, 6.45) is 3.36. The summed E-state index contributed by atoms with van der Waals surface area (Å²) in [5, 5.41) is 7.67. The molecule has 6 heteroatoms. The van der Waals surface area contributed by atoms with Crippen molar-refractivity contribution in [3.8, 4) is 0 Å². The zero-order valence-electron chi connectivity index (χ0n) is 12.6. The molecule has 2 fully saturated rings. The lowest BCUT2D eigenvalue weighted by molar-refractivity contribution is 0.275. The van der Waals surface area contributed by atoms with Crippen molar-refractivity contribution < 1.29 is 4.52 Å². The van der Waals surface area contributed by atoms with Gasteiger partial charge in [0.25, 0.3) is 5.95 Å². The number of aromatic nitrogens is 2. The quantitative estimate of drug-likeness (QED) is 0.882. The van der Waals surface area contributed by atoms with E-state index in [4.69, 9.17) is 9.51 Å². The third kappa shape index (κ3) is 2.54. The van der Waals surface area contributed by atoms with Crippen molar-refractivity contribution in [2.45, 2.75) is 31.6 Å². The van der Waals surface area contributed by atoms with E-state index in [9.17, 15) is 0 Å². The van der Waals surface area contributed by atoms with Crippen LogP contribution in [0.3, 0.4) is 0 Å².